The van der Waals surface area contributed by atoms with Gasteiger partial charge in [0.15, 0.2) is 0 Å². The van der Waals surface area contributed by atoms with Gasteiger partial charge in [0, 0.05) is 0 Å². The first-order chi connectivity index (χ1) is 3.83. The fourth-order valence-corrected chi connectivity index (χ4v) is 0. The molecule has 68 valence electrons. The first kappa shape index (κ1) is 22.4. The summed E-state index contributed by atoms with van der Waals surface area (Å²) < 4.78 is 0. The summed E-state index contributed by atoms with van der Waals surface area (Å²) in [6.45, 7) is 8.72. The summed E-state index contributed by atoms with van der Waals surface area (Å²) >= 11 is 0. The maximum Gasteiger partial charge on any atom is -0.0564 e. The fourth-order valence-electron chi connectivity index (χ4n) is 0. The topological polar surface area (TPSA) is 0 Å². The summed E-state index contributed by atoms with van der Waals surface area (Å²) in [6, 6.07) is 0. The zero-order valence-electron chi connectivity index (χ0n) is 7.64. The molecule has 0 spiro atoms. The molecule has 0 amide bonds. The Balaban J connectivity index is -0.0000000300. The molecule has 0 aromatic carbocycles. The summed E-state index contributed by atoms with van der Waals surface area (Å²) in [7, 11) is 0. The summed E-state index contributed by atoms with van der Waals surface area (Å²) in [5.74, 6) is 0. The van der Waals surface area contributed by atoms with Crippen molar-refractivity contribution in [2.24, 2.45) is 0 Å². The van der Waals surface area contributed by atoms with Gasteiger partial charge in [-0.15, -0.1) is 34.0 Å². The van der Waals surface area contributed by atoms with Crippen LogP contribution in [0.4, 0.5) is 0 Å². The Morgan fingerprint density at radius 1 is 0.500 bits per heavy atom. The quantitative estimate of drug-likeness (QED) is 0.682. The zero-order chi connectivity index (χ0) is 6.83. The van der Waals surface area contributed by atoms with Crippen LogP contribution in [0.5, 0.6) is 0 Å². The van der Waals surface area contributed by atoms with E-state index >= 15 is 0 Å². The number of halogens is 2. The molecule has 0 bridgehead atoms. The van der Waals surface area contributed by atoms with Crippen molar-refractivity contribution in [1.29, 1.82) is 0 Å². The van der Waals surface area contributed by atoms with E-state index in [-0.39, 0.29) is 34.0 Å². The molecule has 0 unspecified atom stereocenters. The van der Waals surface area contributed by atoms with E-state index in [1.54, 1.807) is 0 Å². The van der Waals surface area contributed by atoms with Crippen molar-refractivity contribution in [1.82, 2.24) is 0 Å². The molecule has 0 saturated carbocycles. The highest BCUT2D eigenvalue weighted by molar-refractivity contribution is 8.93. The van der Waals surface area contributed by atoms with E-state index in [0.717, 1.165) is 0 Å². The number of rotatable bonds is 2. The van der Waals surface area contributed by atoms with Gasteiger partial charge >= 0.3 is 0 Å². The molecule has 0 fully saturated rings. The molecule has 0 aliphatic carbocycles. The van der Waals surface area contributed by atoms with Gasteiger partial charge in [-0.25, -0.2) is 0 Å². The Morgan fingerprint density at radius 2 is 0.600 bits per heavy atom. The third-order valence-corrected chi connectivity index (χ3v) is 1.000. The molecule has 0 saturated heterocycles. The van der Waals surface area contributed by atoms with Crippen molar-refractivity contribution in [2.45, 2.75) is 53.4 Å². The van der Waals surface area contributed by atoms with Crippen LogP contribution in [-0.4, -0.2) is 0 Å². The minimum Gasteiger partial charge on any atom is -0.114 e. The van der Waals surface area contributed by atoms with Crippen molar-refractivity contribution in [3.8, 4) is 0 Å². The molecule has 2 heteroatoms. The van der Waals surface area contributed by atoms with Gasteiger partial charge in [-0.3, -0.25) is 0 Å². The molecule has 0 rings (SSSR count). The maximum atomic E-state index is 2.18. The molecule has 0 aromatic heterocycles. The third kappa shape index (κ3) is 64.8. The van der Waals surface area contributed by atoms with Gasteiger partial charge in [-0.2, -0.15) is 0 Å². The lowest BCUT2D eigenvalue weighted by Crippen LogP contribution is -1.47. The minimum absolute atomic E-state index is 0. The molecule has 0 atom stereocenters. The fraction of sp³-hybridized carbons (Fsp3) is 1.00. The van der Waals surface area contributed by atoms with E-state index in [0.29, 0.717) is 0 Å². The normalized spacial score (nSPS) is 6.00. The van der Waals surface area contributed by atoms with E-state index in [4.69, 9.17) is 0 Å². The van der Waals surface area contributed by atoms with Crippen LogP contribution in [0.15, 0.2) is 0 Å². The molecule has 0 aliphatic heterocycles. The molecule has 0 aromatic rings. The van der Waals surface area contributed by atoms with Crippen LogP contribution in [0.2, 0.25) is 0 Å². The van der Waals surface area contributed by atoms with Crippen molar-refractivity contribution < 1.29 is 0 Å². The predicted molar refractivity (Wildman–Crippen MR) is 61.8 cm³/mol. The molecule has 10 heavy (non-hydrogen) atoms. The van der Waals surface area contributed by atoms with Crippen LogP contribution >= 0.6 is 34.0 Å². The van der Waals surface area contributed by atoms with Gasteiger partial charge in [-0.05, 0) is 0 Å². The first-order valence-electron chi connectivity index (χ1n) is 3.83. The zero-order valence-corrected chi connectivity index (χ0v) is 11.1. The average molecular weight is 278 g/mol. The van der Waals surface area contributed by atoms with E-state index in [9.17, 15) is 0 Å². The summed E-state index contributed by atoms with van der Waals surface area (Å²) in [5.41, 5.74) is 0. The van der Waals surface area contributed by atoms with Crippen LogP contribution in [0, 0.1) is 0 Å². The molecular weight excluding hydrogens is 256 g/mol. The summed E-state index contributed by atoms with van der Waals surface area (Å²) in [5, 5.41) is 0. The van der Waals surface area contributed by atoms with Gasteiger partial charge in [0.05, 0.1) is 0 Å². The number of hydrogen-bond donors (Lipinski definition) is 0. The summed E-state index contributed by atoms with van der Waals surface area (Å²) in [6.07, 6.45) is 5.28. The smallest absolute Gasteiger partial charge is 0.0564 e. The maximum absolute atomic E-state index is 2.18. The van der Waals surface area contributed by atoms with Crippen molar-refractivity contribution in [2.75, 3.05) is 0 Å². The second-order valence-corrected chi connectivity index (χ2v) is 2.00. The second kappa shape index (κ2) is 32.5. The van der Waals surface area contributed by atoms with Crippen molar-refractivity contribution in [3.05, 3.63) is 0 Å². The standard InChI is InChI=1S/2C4H10.2BrH/c2*1-3-4-2;;/h2*3-4H2,1-2H3;2*1H. The van der Waals surface area contributed by atoms with E-state index < -0.39 is 0 Å². The molecule has 0 radical (unpaired) electrons. The Morgan fingerprint density at radius 3 is 0.600 bits per heavy atom. The van der Waals surface area contributed by atoms with E-state index in [1.807, 2.05) is 0 Å². The summed E-state index contributed by atoms with van der Waals surface area (Å²) in [4.78, 5) is 0. The van der Waals surface area contributed by atoms with Crippen LogP contribution in [0.3, 0.4) is 0 Å². The number of unbranched alkanes of at least 4 members (excludes halogenated alkanes) is 2. The Kier molecular flexibility index (Phi) is 72.9. The van der Waals surface area contributed by atoms with Crippen LogP contribution in [0.25, 0.3) is 0 Å². The highest BCUT2D eigenvalue weighted by Crippen LogP contribution is 1.77. The largest absolute Gasteiger partial charge is 0.114 e. The van der Waals surface area contributed by atoms with E-state index in [1.165, 1.54) is 25.7 Å². The highest BCUT2D eigenvalue weighted by atomic mass is 79.9. The molecule has 0 nitrogen and oxygen atoms in total. The average Bonchev–Trinajstić information content (AvgIpc) is 1.88. The predicted octanol–water partition coefficient (Wildman–Crippen LogP) is 4.77. The molecule has 0 aliphatic rings. The van der Waals surface area contributed by atoms with Gasteiger partial charge in [0.25, 0.3) is 0 Å². The first-order valence-corrected chi connectivity index (χ1v) is 3.83. The van der Waals surface area contributed by atoms with Crippen LogP contribution < -0.4 is 0 Å². The lowest BCUT2D eigenvalue weighted by molar-refractivity contribution is 0.886. The lowest BCUT2D eigenvalue weighted by Gasteiger charge is -1.68. The molecule has 0 N–H and O–H groups in total. The highest BCUT2D eigenvalue weighted by Gasteiger charge is 1.56. The molecule has 0 heterocycles. The Hall–Kier alpha value is 0.960. The monoisotopic (exact) mass is 276 g/mol. The third-order valence-electron chi connectivity index (χ3n) is 1.000. The second-order valence-electron chi connectivity index (χ2n) is 2.00. The minimum atomic E-state index is 0. The van der Waals surface area contributed by atoms with Gasteiger partial charge in [0.2, 0.25) is 0 Å². The van der Waals surface area contributed by atoms with Crippen LogP contribution in [0.1, 0.15) is 53.4 Å². The van der Waals surface area contributed by atoms with Crippen molar-refractivity contribution >= 4 is 34.0 Å². The van der Waals surface area contributed by atoms with E-state index in [2.05, 4.69) is 27.7 Å². The van der Waals surface area contributed by atoms with Gasteiger partial charge < -0.3 is 0 Å². The van der Waals surface area contributed by atoms with Crippen LogP contribution in [-0.2, 0) is 0 Å². The SMILES string of the molecule is Br.Br.CCCC.CCCC. The molecular formula is C8H22Br2. The van der Waals surface area contributed by atoms with Crippen molar-refractivity contribution in [3.63, 3.8) is 0 Å². The Bertz CT molecular complexity index is 15.2. The Labute approximate surface area is 87.3 Å². The number of hydrogen-bond acceptors (Lipinski definition) is 0. The van der Waals surface area contributed by atoms with Gasteiger partial charge in [-0.1, -0.05) is 53.4 Å². The van der Waals surface area contributed by atoms with Gasteiger partial charge in [0.1, 0.15) is 0 Å². The lowest BCUT2D eigenvalue weighted by atomic mass is 10.4.